The number of pyridine rings is 1. The van der Waals surface area contributed by atoms with Crippen molar-refractivity contribution < 1.29 is 13.2 Å². The molecule has 0 aliphatic heterocycles. The van der Waals surface area contributed by atoms with Crippen molar-refractivity contribution in [3.8, 4) is 11.1 Å². The molecule has 5 heteroatoms. The number of alkyl halides is 3. The van der Waals surface area contributed by atoms with Crippen LogP contribution in [0.15, 0.2) is 48.7 Å². The third kappa shape index (κ3) is 2.55. The SMILES string of the molecule is NCc1cccc(-c2[c]cnc3c(C(F)(F)F)cccc23)c1. The van der Waals surface area contributed by atoms with Crippen LogP contribution in [0.5, 0.6) is 0 Å². The van der Waals surface area contributed by atoms with E-state index < -0.39 is 11.7 Å². The number of hydrogen-bond donors (Lipinski definition) is 1. The molecule has 0 fully saturated rings. The van der Waals surface area contributed by atoms with Gasteiger partial charge in [-0.05, 0) is 23.3 Å². The molecule has 2 nitrogen and oxygen atoms in total. The van der Waals surface area contributed by atoms with Gasteiger partial charge in [0.1, 0.15) is 0 Å². The van der Waals surface area contributed by atoms with Gasteiger partial charge in [0, 0.05) is 29.8 Å². The van der Waals surface area contributed by atoms with Crippen molar-refractivity contribution in [3.63, 3.8) is 0 Å². The molecule has 3 aromatic rings. The quantitative estimate of drug-likeness (QED) is 0.771. The number of nitrogens with two attached hydrogens (primary N) is 1. The van der Waals surface area contributed by atoms with Gasteiger partial charge in [-0.3, -0.25) is 4.98 Å². The molecule has 0 amide bonds. The molecule has 0 spiro atoms. The fourth-order valence-electron chi connectivity index (χ4n) is 2.44. The molecular formula is C17H12F3N2. The molecular weight excluding hydrogens is 289 g/mol. The molecule has 22 heavy (non-hydrogen) atoms. The summed E-state index contributed by atoms with van der Waals surface area (Å²) < 4.78 is 39.3. The fraction of sp³-hybridized carbons (Fsp3) is 0.118. The molecule has 111 valence electrons. The minimum Gasteiger partial charge on any atom is -0.326 e. The maximum atomic E-state index is 13.1. The van der Waals surface area contributed by atoms with E-state index in [4.69, 9.17) is 5.73 Å². The molecule has 2 aromatic carbocycles. The van der Waals surface area contributed by atoms with Crippen molar-refractivity contribution in [3.05, 3.63) is 65.9 Å². The number of para-hydroxylation sites is 1. The molecule has 0 saturated heterocycles. The topological polar surface area (TPSA) is 38.9 Å². The van der Waals surface area contributed by atoms with Gasteiger partial charge in [-0.15, -0.1) is 0 Å². The maximum Gasteiger partial charge on any atom is 0.418 e. The average Bonchev–Trinajstić information content (AvgIpc) is 2.53. The van der Waals surface area contributed by atoms with Gasteiger partial charge in [0.25, 0.3) is 0 Å². The minimum atomic E-state index is -4.44. The Morgan fingerprint density at radius 3 is 2.59 bits per heavy atom. The highest BCUT2D eigenvalue weighted by molar-refractivity contribution is 5.95. The van der Waals surface area contributed by atoms with E-state index >= 15 is 0 Å². The predicted molar refractivity (Wildman–Crippen MR) is 78.9 cm³/mol. The van der Waals surface area contributed by atoms with Gasteiger partial charge in [-0.2, -0.15) is 13.2 Å². The Morgan fingerprint density at radius 2 is 1.86 bits per heavy atom. The van der Waals surface area contributed by atoms with Crippen LogP contribution < -0.4 is 5.73 Å². The predicted octanol–water partition coefficient (Wildman–Crippen LogP) is 4.18. The van der Waals surface area contributed by atoms with Gasteiger partial charge >= 0.3 is 6.18 Å². The van der Waals surface area contributed by atoms with Gasteiger partial charge < -0.3 is 5.73 Å². The Kier molecular flexibility index (Phi) is 3.58. The second kappa shape index (κ2) is 5.42. The largest absolute Gasteiger partial charge is 0.418 e. The van der Waals surface area contributed by atoms with Crippen LogP contribution in [-0.2, 0) is 12.7 Å². The number of hydrogen-bond acceptors (Lipinski definition) is 2. The van der Waals surface area contributed by atoms with Crippen LogP contribution in [0.1, 0.15) is 11.1 Å². The first-order valence-electron chi connectivity index (χ1n) is 6.66. The average molecular weight is 301 g/mol. The van der Waals surface area contributed by atoms with E-state index in [9.17, 15) is 13.2 Å². The third-order valence-corrected chi connectivity index (χ3v) is 3.46. The van der Waals surface area contributed by atoms with E-state index in [0.717, 1.165) is 17.2 Å². The normalized spacial score (nSPS) is 11.8. The number of nitrogens with zero attached hydrogens (tertiary/aromatic N) is 1. The highest BCUT2D eigenvalue weighted by Gasteiger charge is 2.33. The Hall–Kier alpha value is -2.40. The zero-order chi connectivity index (χ0) is 15.7. The van der Waals surface area contributed by atoms with Crippen molar-refractivity contribution in [2.24, 2.45) is 5.73 Å². The van der Waals surface area contributed by atoms with Gasteiger partial charge in [-0.25, -0.2) is 0 Å². The first-order chi connectivity index (χ1) is 10.5. The van der Waals surface area contributed by atoms with Crippen molar-refractivity contribution in [2.45, 2.75) is 12.7 Å². The molecule has 0 aliphatic carbocycles. The summed E-state index contributed by atoms with van der Waals surface area (Å²) in [7, 11) is 0. The summed E-state index contributed by atoms with van der Waals surface area (Å²) in [6.45, 7) is 0.366. The lowest BCUT2D eigenvalue weighted by Gasteiger charge is -2.12. The number of aromatic nitrogens is 1. The lowest BCUT2D eigenvalue weighted by molar-refractivity contribution is -0.136. The third-order valence-electron chi connectivity index (χ3n) is 3.46. The fourth-order valence-corrected chi connectivity index (χ4v) is 2.44. The zero-order valence-electron chi connectivity index (χ0n) is 11.5. The van der Waals surface area contributed by atoms with E-state index in [-0.39, 0.29) is 5.52 Å². The summed E-state index contributed by atoms with van der Waals surface area (Å²) in [5.41, 5.74) is 7.08. The van der Waals surface area contributed by atoms with E-state index in [1.165, 1.54) is 12.3 Å². The maximum absolute atomic E-state index is 13.1. The van der Waals surface area contributed by atoms with Crippen LogP contribution in [0, 0.1) is 6.07 Å². The summed E-state index contributed by atoms with van der Waals surface area (Å²) in [4.78, 5) is 3.88. The zero-order valence-corrected chi connectivity index (χ0v) is 11.5. The van der Waals surface area contributed by atoms with E-state index in [1.54, 1.807) is 6.07 Å². The Labute approximate surface area is 125 Å². The summed E-state index contributed by atoms with van der Waals surface area (Å²) in [6, 6.07) is 14.4. The minimum absolute atomic E-state index is 0.0677. The molecule has 1 aromatic heterocycles. The van der Waals surface area contributed by atoms with E-state index in [1.807, 2.05) is 24.3 Å². The molecule has 3 rings (SSSR count). The van der Waals surface area contributed by atoms with Crippen LogP contribution >= 0.6 is 0 Å². The van der Waals surface area contributed by atoms with Crippen molar-refractivity contribution >= 4 is 10.9 Å². The van der Waals surface area contributed by atoms with Crippen LogP contribution in [0.4, 0.5) is 13.2 Å². The smallest absolute Gasteiger partial charge is 0.326 e. The molecule has 1 radical (unpaired) electrons. The number of benzene rings is 2. The van der Waals surface area contributed by atoms with Gasteiger partial charge in [0.15, 0.2) is 0 Å². The summed E-state index contributed by atoms with van der Waals surface area (Å²) in [6.07, 6.45) is -3.16. The van der Waals surface area contributed by atoms with Crippen LogP contribution in [0.25, 0.3) is 22.0 Å². The van der Waals surface area contributed by atoms with E-state index in [2.05, 4.69) is 11.1 Å². The summed E-state index contributed by atoms with van der Waals surface area (Å²) in [5, 5.41) is 0.423. The monoisotopic (exact) mass is 301 g/mol. The first-order valence-corrected chi connectivity index (χ1v) is 6.66. The molecule has 1 heterocycles. The van der Waals surface area contributed by atoms with Crippen LogP contribution in [0.2, 0.25) is 0 Å². The molecule has 0 unspecified atom stereocenters. The Bertz CT molecular complexity index is 825. The number of rotatable bonds is 2. The van der Waals surface area contributed by atoms with Crippen LogP contribution in [0.3, 0.4) is 0 Å². The van der Waals surface area contributed by atoms with Gasteiger partial charge in [0.2, 0.25) is 0 Å². The highest BCUT2D eigenvalue weighted by atomic mass is 19.4. The van der Waals surface area contributed by atoms with Crippen molar-refractivity contribution in [1.82, 2.24) is 4.98 Å². The van der Waals surface area contributed by atoms with Crippen molar-refractivity contribution in [1.29, 1.82) is 0 Å². The molecule has 0 saturated carbocycles. The summed E-state index contributed by atoms with van der Waals surface area (Å²) >= 11 is 0. The second-order valence-electron chi connectivity index (χ2n) is 4.88. The number of fused-ring (bicyclic) bond motifs is 1. The molecule has 0 atom stereocenters. The van der Waals surface area contributed by atoms with Crippen molar-refractivity contribution in [2.75, 3.05) is 0 Å². The van der Waals surface area contributed by atoms with Gasteiger partial charge in [0.05, 0.1) is 11.1 Å². The Morgan fingerprint density at radius 1 is 1.09 bits per heavy atom. The Balaban J connectivity index is 2.27. The van der Waals surface area contributed by atoms with E-state index in [0.29, 0.717) is 17.5 Å². The standard InChI is InChI=1S/C17H12F3N2/c18-17(19,20)15-6-2-5-14-13(7-8-22-16(14)15)12-4-1-3-11(9-12)10-21/h1-6,8-9H,10,21H2. The van der Waals surface area contributed by atoms with Gasteiger partial charge in [-0.1, -0.05) is 30.3 Å². The number of halogens is 3. The molecule has 0 aliphatic rings. The first kappa shape index (κ1) is 14.5. The highest BCUT2D eigenvalue weighted by Crippen LogP contribution is 2.36. The van der Waals surface area contributed by atoms with Crippen LogP contribution in [-0.4, -0.2) is 4.98 Å². The lowest BCUT2D eigenvalue weighted by atomic mass is 9.98. The molecule has 2 N–H and O–H groups in total. The molecule has 0 bridgehead atoms. The lowest BCUT2D eigenvalue weighted by Crippen LogP contribution is -2.06. The summed E-state index contributed by atoms with van der Waals surface area (Å²) in [5.74, 6) is 0. The second-order valence-corrected chi connectivity index (χ2v) is 4.88.